The summed E-state index contributed by atoms with van der Waals surface area (Å²) in [5.74, 6) is 1.91. The molecule has 1 heterocycles. The zero-order chi connectivity index (χ0) is 6.97. The molecule has 0 aromatic heterocycles. The van der Waals surface area contributed by atoms with Gasteiger partial charge in [0.25, 0.3) is 0 Å². The van der Waals surface area contributed by atoms with E-state index in [2.05, 4.69) is 13.0 Å². The Morgan fingerprint density at radius 3 is 3.00 bits per heavy atom. The Labute approximate surface area is 62.1 Å². The van der Waals surface area contributed by atoms with Gasteiger partial charge in [-0.1, -0.05) is 6.42 Å². The van der Waals surface area contributed by atoms with Crippen molar-refractivity contribution in [3.05, 3.63) is 11.8 Å². The summed E-state index contributed by atoms with van der Waals surface area (Å²) in [6, 6.07) is 0. The van der Waals surface area contributed by atoms with Crippen LogP contribution in [0.3, 0.4) is 0 Å². The van der Waals surface area contributed by atoms with Gasteiger partial charge in [0.2, 0.25) is 0 Å². The van der Waals surface area contributed by atoms with E-state index in [1.165, 1.54) is 25.7 Å². The number of ether oxygens (including phenoxy) is 1. The summed E-state index contributed by atoms with van der Waals surface area (Å²) in [6.07, 6.45) is 8.23. The fraction of sp³-hybridized carbons (Fsp3) is 0.778. The number of fused-ring (bicyclic) bond motifs is 1. The predicted octanol–water partition coefficient (Wildman–Crippen LogP) is 2.48. The van der Waals surface area contributed by atoms with Crippen LogP contribution in [0.1, 0.15) is 32.6 Å². The summed E-state index contributed by atoms with van der Waals surface area (Å²) in [6.45, 7) is 2.07. The molecule has 2 unspecified atom stereocenters. The van der Waals surface area contributed by atoms with Crippen LogP contribution in [-0.2, 0) is 4.74 Å². The second-order valence-corrected chi connectivity index (χ2v) is 3.38. The van der Waals surface area contributed by atoms with E-state index in [0.29, 0.717) is 6.10 Å². The molecule has 0 spiro atoms. The fourth-order valence-corrected chi connectivity index (χ4v) is 2.04. The van der Waals surface area contributed by atoms with Gasteiger partial charge in [0.15, 0.2) is 0 Å². The second-order valence-electron chi connectivity index (χ2n) is 3.38. The topological polar surface area (TPSA) is 9.23 Å². The Bertz CT molecular complexity index is 160. The van der Waals surface area contributed by atoms with Gasteiger partial charge in [0, 0.05) is 5.92 Å². The standard InChI is InChI=1S/C9H14O/c1-7-6-8-4-2-3-5-9(8)10-7/h6,8-9H,2-5H2,1H3. The highest BCUT2D eigenvalue weighted by Gasteiger charge is 2.29. The first kappa shape index (κ1) is 6.26. The molecule has 0 saturated heterocycles. The van der Waals surface area contributed by atoms with Gasteiger partial charge >= 0.3 is 0 Å². The minimum absolute atomic E-state index is 0.550. The molecule has 1 saturated carbocycles. The maximum Gasteiger partial charge on any atom is 0.105 e. The number of hydrogen-bond acceptors (Lipinski definition) is 1. The minimum atomic E-state index is 0.550. The largest absolute Gasteiger partial charge is 0.495 e. The smallest absolute Gasteiger partial charge is 0.105 e. The molecule has 0 bridgehead atoms. The zero-order valence-corrected chi connectivity index (χ0v) is 6.47. The third-order valence-electron chi connectivity index (χ3n) is 2.54. The Balaban J connectivity index is 2.06. The van der Waals surface area contributed by atoms with Gasteiger partial charge < -0.3 is 4.74 Å². The monoisotopic (exact) mass is 138 g/mol. The van der Waals surface area contributed by atoms with E-state index in [0.717, 1.165) is 11.7 Å². The van der Waals surface area contributed by atoms with Gasteiger partial charge in [-0.15, -0.1) is 0 Å². The van der Waals surface area contributed by atoms with E-state index in [1.807, 2.05) is 0 Å². The summed E-state index contributed by atoms with van der Waals surface area (Å²) in [5.41, 5.74) is 0. The molecule has 0 aromatic carbocycles. The van der Waals surface area contributed by atoms with Crippen LogP contribution < -0.4 is 0 Å². The summed E-state index contributed by atoms with van der Waals surface area (Å²) in [4.78, 5) is 0. The first-order valence-electron chi connectivity index (χ1n) is 4.21. The van der Waals surface area contributed by atoms with Gasteiger partial charge in [0.1, 0.15) is 6.10 Å². The van der Waals surface area contributed by atoms with Gasteiger partial charge in [-0.05, 0) is 32.3 Å². The van der Waals surface area contributed by atoms with Gasteiger partial charge in [-0.25, -0.2) is 0 Å². The van der Waals surface area contributed by atoms with E-state index < -0.39 is 0 Å². The molecule has 1 nitrogen and oxygen atoms in total. The van der Waals surface area contributed by atoms with Gasteiger partial charge in [-0.3, -0.25) is 0 Å². The molecule has 2 rings (SSSR count). The van der Waals surface area contributed by atoms with Crippen LogP contribution in [0.4, 0.5) is 0 Å². The summed E-state index contributed by atoms with van der Waals surface area (Å²) in [7, 11) is 0. The number of rotatable bonds is 0. The Hall–Kier alpha value is -0.460. The third-order valence-corrected chi connectivity index (χ3v) is 2.54. The molecule has 10 heavy (non-hydrogen) atoms. The lowest BCUT2D eigenvalue weighted by Crippen LogP contribution is -2.20. The van der Waals surface area contributed by atoms with Crippen molar-refractivity contribution in [2.75, 3.05) is 0 Å². The van der Waals surface area contributed by atoms with Gasteiger partial charge in [-0.2, -0.15) is 0 Å². The molecule has 1 aliphatic heterocycles. The van der Waals surface area contributed by atoms with E-state index in [4.69, 9.17) is 4.74 Å². The average molecular weight is 138 g/mol. The molecule has 2 atom stereocenters. The minimum Gasteiger partial charge on any atom is -0.495 e. The molecule has 0 aromatic rings. The number of allylic oxidation sites excluding steroid dienone is 1. The summed E-state index contributed by atoms with van der Waals surface area (Å²) >= 11 is 0. The Morgan fingerprint density at radius 2 is 2.20 bits per heavy atom. The highest BCUT2D eigenvalue weighted by Crippen LogP contribution is 2.34. The molecule has 2 aliphatic rings. The molecule has 1 fully saturated rings. The van der Waals surface area contributed by atoms with Crippen molar-refractivity contribution in [3.8, 4) is 0 Å². The van der Waals surface area contributed by atoms with Crippen molar-refractivity contribution in [1.82, 2.24) is 0 Å². The van der Waals surface area contributed by atoms with Crippen LogP contribution in [0.15, 0.2) is 11.8 Å². The molecule has 0 amide bonds. The van der Waals surface area contributed by atoms with Crippen LogP contribution in [0.2, 0.25) is 0 Å². The van der Waals surface area contributed by atoms with Crippen molar-refractivity contribution in [3.63, 3.8) is 0 Å². The quantitative estimate of drug-likeness (QED) is 0.499. The van der Waals surface area contributed by atoms with Crippen LogP contribution in [0.25, 0.3) is 0 Å². The lowest BCUT2D eigenvalue weighted by molar-refractivity contribution is 0.0836. The molecule has 0 radical (unpaired) electrons. The van der Waals surface area contributed by atoms with Crippen molar-refractivity contribution >= 4 is 0 Å². The number of hydrogen-bond donors (Lipinski definition) is 0. The van der Waals surface area contributed by atoms with E-state index in [-0.39, 0.29) is 0 Å². The van der Waals surface area contributed by atoms with E-state index in [9.17, 15) is 0 Å². The highest BCUT2D eigenvalue weighted by atomic mass is 16.5. The lowest BCUT2D eigenvalue weighted by Gasteiger charge is -2.23. The fourth-order valence-electron chi connectivity index (χ4n) is 2.04. The van der Waals surface area contributed by atoms with Crippen LogP contribution in [0, 0.1) is 5.92 Å². The predicted molar refractivity (Wildman–Crippen MR) is 40.6 cm³/mol. The van der Waals surface area contributed by atoms with E-state index in [1.54, 1.807) is 0 Å². The third kappa shape index (κ3) is 0.938. The Morgan fingerprint density at radius 1 is 1.40 bits per heavy atom. The van der Waals surface area contributed by atoms with Crippen LogP contribution in [-0.4, -0.2) is 6.10 Å². The normalized spacial score (nSPS) is 38.3. The maximum absolute atomic E-state index is 5.63. The zero-order valence-electron chi connectivity index (χ0n) is 6.47. The SMILES string of the molecule is CC1=CC2CCCCC2O1. The lowest BCUT2D eigenvalue weighted by atomic mass is 9.87. The van der Waals surface area contributed by atoms with Crippen LogP contribution >= 0.6 is 0 Å². The first-order chi connectivity index (χ1) is 4.86. The van der Waals surface area contributed by atoms with Crippen LogP contribution in [0.5, 0.6) is 0 Å². The average Bonchev–Trinajstić information content (AvgIpc) is 2.27. The summed E-state index contributed by atoms with van der Waals surface area (Å²) < 4.78 is 5.63. The van der Waals surface area contributed by atoms with Gasteiger partial charge in [0.05, 0.1) is 5.76 Å². The van der Waals surface area contributed by atoms with Crippen molar-refractivity contribution in [1.29, 1.82) is 0 Å². The summed E-state index contributed by atoms with van der Waals surface area (Å²) in [5, 5.41) is 0. The molecule has 1 aliphatic carbocycles. The van der Waals surface area contributed by atoms with E-state index >= 15 is 0 Å². The van der Waals surface area contributed by atoms with Crippen molar-refractivity contribution in [2.45, 2.75) is 38.7 Å². The Kier molecular flexibility index (Phi) is 1.44. The maximum atomic E-state index is 5.63. The van der Waals surface area contributed by atoms with Crippen molar-refractivity contribution < 1.29 is 4.74 Å². The molecular formula is C9H14O. The molecule has 56 valence electrons. The molecule has 0 N–H and O–H groups in total. The first-order valence-corrected chi connectivity index (χ1v) is 4.21. The molecule has 1 heteroatoms. The molecular weight excluding hydrogens is 124 g/mol. The highest BCUT2D eigenvalue weighted by molar-refractivity contribution is 5.05. The van der Waals surface area contributed by atoms with Crippen molar-refractivity contribution in [2.24, 2.45) is 5.92 Å². The second kappa shape index (κ2) is 2.30.